The second-order valence-electron chi connectivity index (χ2n) is 4.05. The van der Waals surface area contributed by atoms with Gasteiger partial charge in [-0.15, -0.1) is 0 Å². The topological polar surface area (TPSA) is 12.0 Å². The first-order valence-electron chi connectivity index (χ1n) is 5.78. The second kappa shape index (κ2) is 6.94. The van der Waals surface area contributed by atoms with Gasteiger partial charge < -0.3 is 5.32 Å². The highest BCUT2D eigenvalue weighted by Crippen LogP contribution is 2.28. The van der Waals surface area contributed by atoms with Crippen LogP contribution in [0.1, 0.15) is 12.0 Å². The molecule has 1 nitrogen and oxygen atoms in total. The first-order valence-corrected chi connectivity index (χ1v) is 8.92. The molecule has 2 rings (SSSR count). The van der Waals surface area contributed by atoms with E-state index in [0.29, 0.717) is 6.04 Å². The third-order valence-corrected chi connectivity index (χ3v) is 6.64. The molecule has 0 saturated carbocycles. The van der Waals surface area contributed by atoms with E-state index in [9.17, 15) is 0 Å². The van der Waals surface area contributed by atoms with Gasteiger partial charge in [-0.2, -0.15) is 34.9 Å². The Morgan fingerprint density at radius 3 is 3.06 bits per heavy atom. The average molecular weight is 273 g/mol. The number of thioether (sulfide) groups is 2. The van der Waals surface area contributed by atoms with Gasteiger partial charge in [-0.1, -0.05) is 0 Å². The van der Waals surface area contributed by atoms with Crippen LogP contribution < -0.4 is 5.32 Å². The van der Waals surface area contributed by atoms with E-state index in [2.05, 4.69) is 52.7 Å². The molecule has 0 aromatic carbocycles. The van der Waals surface area contributed by atoms with Crippen molar-refractivity contribution in [3.8, 4) is 0 Å². The van der Waals surface area contributed by atoms with Crippen LogP contribution in [-0.4, -0.2) is 35.6 Å². The molecule has 4 heteroatoms. The molecule has 0 amide bonds. The van der Waals surface area contributed by atoms with E-state index in [1.807, 2.05) is 0 Å². The van der Waals surface area contributed by atoms with Crippen molar-refractivity contribution in [2.24, 2.45) is 0 Å². The van der Waals surface area contributed by atoms with Gasteiger partial charge >= 0.3 is 0 Å². The van der Waals surface area contributed by atoms with Crippen molar-refractivity contribution >= 4 is 34.9 Å². The van der Waals surface area contributed by atoms with Gasteiger partial charge in [0.2, 0.25) is 0 Å². The molecule has 0 bridgehead atoms. The van der Waals surface area contributed by atoms with Gasteiger partial charge in [-0.25, -0.2) is 0 Å². The molecule has 16 heavy (non-hydrogen) atoms. The number of thiophene rings is 1. The minimum atomic E-state index is 0.678. The Labute approximate surface area is 111 Å². The summed E-state index contributed by atoms with van der Waals surface area (Å²) in [6.45, 7) is 0. The molecule has 2 unspecified atom stereocenters. The van der Waals surface area contributed by atoms with Crippen molar-refractivity contribution in [3.05, 3.63) is 22.4 Å². The molecule has 1 saturated heterocycles. The van der Waals surface area contributed by atoms with E-state index in [-0.39, 0.29) is 0 Å². The minimum Gasteiger partial charge on any atom is -0.316 e. The van der Waals surface area contributed by atoms with Crippen LogP contribution in [0, 0.1) is 0 Å². The molecular weight excluding hydrogens is 254 g/mol. The largest absolute Gasteiger partial charge is 0.316 e. The maximum atomic E-state index is 3.50. The molecule has 90 valence electrons. The molecule has 1 aliphatic rings. The molecule has 1 N–H and O–H groups in total. The molecule has 1 aromatic rings. The zero-order valence-electron chi connectivity index (χ0n) is 9.65. The van der Waals surface area contributed by atoms with Crippen LogP contribution in [0.3, 0.4) is 0 Å². The number of hydrogen-bond acceptors (Lipinski definition) is 4. The van der Waals surface area contributed by atoms with Crippen LogP contribution in [0.5, 0.6) is 0 Å². The van der Waals surface area contributed by atoms with Crippen LogP contribution in [0.4, 0.5) is 0 Å². The molecule has 2 atom stereocenters. The van der Waals surface area contributed by atoms with Crippen LogP contribution in [0.25, 0.3) is 0 Å². The van der Waals surface area contributed by atoms with Gasteiger partial charge in [0, 0.05) is 28.6 Å². The first kappa shape index (κ1) is 12.8. The van der Waals surface area contributed by atoms with E-state index >= 15 is 0 Å². The van der Waals surface area contributed by atoms with Crippen LogP contribution in [0.15, 0.2) is 16.8 Å². The molecule has 0 radical (unpaired) electrons. The summed E-state index contributed by atoms with van der Waals surface area (Å²) in [5, 5.41) is 8.76. The highest BCUT2D eigenvalue weighted by atomic mass is 32.2. The Hall–Kier alpha value is 0.360. The maximum absolute atomic E-state index is 3.50. The van der Waals surface area contributed by atoms with Crippen molar-refractivity contribution in [2.75, 3.05) is 24.3 Å². The predicted molar refractivity (Wildman–Crippen MR) is 79.1 cm³/mol. The van der Waals surface area contributed by atoms with Crippen molar-refractivity contribution in [2.45, 2.75) is 24.1 Å². The second-order valence-corrected chi connectivity index (χ2v) is 7.33. The van der Waals surface area contributed by atoms with Crippen LogP contribution in [0.2, 0.25) is 0 Å². The SMILES string of the molecule is CNC(CCc1ccsc1)C1CSCCS1. The Morgan fingerprint density at radius 2 is 2.44 bits per heavy atom. The van der Waals surface area contributed by atoms with Gasteiger partial charge in [0.25, 0.3) is 0 Å². The lowest BCUT2D eigenvalue weighted by molar-refractivity contribution is 0.521. The summed E-state index contributed by atoms with van der Waals surface area (Å²) < 4.78 is 0. The number of rotatable bonds is 5. The van der Waals surface area contributed by atoms with Crippen LogP contribution >= 0.6 is 34.9 Å². The Morgan fingerprint density at radius 1 is 1.50 bits per heavy atom. The monoisotopic (exact) mass is 273 g/mol. The Bertz CT molecular complexity index is 280. The van der Waals surface area contributed by atoms with E-state index in [4.69, 9.17) is 0 Å². The smallest absolute Gasteiger partial charge is 0.0291 e. The zero-order valence-corrected chi connectivity index (χ0v) is 12.1. The summed E-state index contributed by atoms with van der Waals surface area (Å²) >= 11 is 6.07. The standard InChI is InChI=1S/C12H19NS3/c1-13-11(12-9-15-6-7-16-12)3-2-10-4-5-14-8-10/h4-5,8,11-13H,2-3,6-7,9H2,1H3. The lowest BCUT2D eigenvalue weighted by Crippen LogP contribution is -2.39. The summed E-state index contributed by atoms with van der Waals surface area (Å²) in [7, 11) is 2.11. The van der Waals surface area contributed by atoms with Crippen molar-refractivity contribution in [1.82, 2.24) is 5.32 Å². The maximum Gasteiger partial charge on any atom is 0.0291 e. The van der Waals surface area contributed by atoms with Gasteiger partial charge in [-0.3, -0.25) is 0 Å². The lowest BCUT2D eigenvalue weighted by Gasteiger charge is -2.29. The fourth-order valence-electron chi connectivity index (χ4n) is 2.01. The highest BCUT2D eigenvalue weighted by Gasteiger charge is 2.22. The van der Waals surface area contributed by atoms with Crippen molar-refractivity contribution in [1.29, 1.82) is 0 Å². The lowest BCUT2D eigenvalue weighted by atomic mass is 10.1. The average Bonchev–Trinajstić information content (AvgIpc) is 2.84. The summed E-state index contributed by atoms with van der Waals surface area (Å²) in [6, 6.07) is 2.93. The van der Waals surface area contributed by atoms with Gasteiger partial charge in [0.15, 0.2) is 0 Å². The molecule has 0 spiro atoms. The fraction of sp³-hybridized carbons (Fsp3) is 0.667. The third kappa shape index (κ3) is 3.69. The number of hydrogen-bond donors (Lipinski definition) is 1. The summed E-state index contributed by atoms with van der Waals surface area (Å²) in [5.41, 5.74) is 1.50. The van der Waals surface area contributed by atoms with E-state index in [0.717, 1.165) is 5.25 Å². The summed E-state index contributed by atoms with van der Waals surface area (Å²) in [4.78, 5) is 0. The zero-order chi connectivity index (χ0) is 11.2. The summed E-state index contributed by atoms with van der Waals surface area (Å²) in [5.74, 6) is 3.98. The van der Waals surface area contributed by atoms with Crippen LogP contribution in [-0.2, 0) is 6.42 Å². The van der Waals surface area contributed by atoms with Crippen molar-refractivity contribution < 1.29 is 0 Å². The Balaban J connectivity index is 1.80. The van der Waals surface area contributed by atoms with E-state index < -0.39 is 0 Å². The molecule has 2 heterocycles. The quantitative estimate of drug-likeness (QED) is 0.885. The Kier molecular flexibility index (Phi) is 5.56. The predicted octanol–water partition coefficient (Wildman–Crippen LogP) is 3.12. The number of nitrogens with one attached hydrogen (secondary N) is 1. The number of aryl methyl sites for hydroxylation is 1. The fourth-order valence-corrected chi connectivity index (χ4v) is 5.68. The molecular formula is C12H19NS3. The van der Waals surface area contributed by atoms with Gasteiger partial charge in [-0.05, 0) is 42.3 Å². The van der Waals surface area contributed by atoms with Gasteiger partial charge in [0.1, 0.15) is 0 Å². The summed E-state index contributed by atoms with van der Waals surface area (Å²) in [6.07, 6.45) is 2.49. The highest BCUT2D eigenvalue weighted by molar-refractivity contribution is 8.06. The molecule has 1 aliphatic heterocycles. The first-order chi connectivity index (χ1) is 7.90. The van der Waals surface area contributed by atoms with Crippen molar-refractivity contribution in [3.63, 3.8) is 0 Å². The molecule has 1 fully saturated rings. The third-order valence-electron chi connectivity index (χ3n) is 2.99. The van der Waals surface area contributed by atoms with E-state index in [1.54, 1.807) is 11.3 Å². The minimum absolute atomic E-state index is 0.678. The van der Waals surface area contributed by atoms with E-state index in [1.165, 1.54) is 35.7 Å². The van der Waals surface area contributed by atoms with Gasteiger partial charge in [0.05, 0.1) is 0 Å². The molecule has 0 aliphatic carbocycles. The normalized spacial score (nSPS) is 23.2. The molecule has 1 aromatic heterocycles.